The second-order valence-corrected chi connectivity index (χ2v) is 5.48. The number of pyridine rings is 1. The first kappa shape index (κ1) is 13.6. The fourth-order valence-corrected chi connectivity index (χ4v) is 2.41. The van der Waals surface area contributed by atoms with Crippen LogP contribution in [0.1, 0.15) is 10.5 Å². The minimum absolute atomic E-state index is 0.285. The number of aromatic nitrogens is 1. The number of halogens is 3. The van der Waals surface area contributed by atoms with Gasteiger partial charge in [0.2, 0.25) is 0 Å². The quantitative estimate of drug-likeness (QED) is 0.776. The van der Waals surface area contributed by atoms with Gasteiger partial charge >= 0.3 is 0 Å². The summed E-state index contributed by atoms with van der Waals surface area (Å²) >= 11 is 13.7. The number of hydrogen-bond acceptors (Lipinski definition) is 2. The molecule has 1 aromatic heterocycles. The molecule has 2 rings (SSSR count). The van der Waals surface area contributed by atoms with Crippen molar-refractivity contribution in [1.82, 2.24) is 4.98 Å². The molecule has 0 unspecified atom stereocenters. The first-order chi connectivity index (χ1) is 8.56. The lowest BCUT2D eigenvalue weighted by Gasteiger charge is -2.07. The maximum Gasteiger partial charge on any atom is 0.274 e. The van der Waals surface area contributed by atoms with Crippen LogP contribution in [0.4, 0.5) is 5.69 Å². The highest BCUT2D eigenvalue weighted by atomic mass is 127. The number of amides is 1. The van der Waals surface area contributed by atoms with E-state index in [1.165, 1.54) is 6.20 Å². The maximum absolute atomic E-state index is 11.9. The third kappa shape index (κ3) is 3.34. The molecule has 1 aromatic carbocycles. The van der Waals surface area contributed by atoms with Crippen LogP contribution in [0, 0.1) is 3.57 Å². The normalized spacial score (nSPS) is 10.2. The molecule has 92 valence electrons. The molecule has 0 aliphatic rings. The van der Waals surface area contributed by atoms with Crippen LogP contribution in [0.3, 0.4) is 0 Å². The number of nitrogens with zero attached hydrogens (tertiary/aromatic N) is 1. The van der Waals surface area contributed by atoms with Crippen LogP contribution in [0.25, 0.3) is 0 Å². The number of rotatable bonds is 2. The monoisotopic (exact) mass is 392 g/mol. The number of carbonyl (C=O) groups is 1. The summed E-state index contributed by atoms with van der Waals surface area (Å²) in [7, 11) is 0. The summed E-state index contributed by atoms with van der Waals surface area (Å²) in [5.41, 5.74) is 1.01. The van der Waals surface area contributed by atoms with Crippen molar-refractivity contribution in [2.75, 3.05) is 5.32 Å². The molecule has 1 heterocycles. The summed E-state index contributed by atoms with van der Waals surface area (Å²) in [6.07, 6.45) is 1.43. The van der Waals surface area contributed by atoms with Gasteiger partial charge in [-0.05, 0) is 52.9 Å². The average molecular weight is 393 g/mol. The SMILES string of the molecule is O=C(Nc1ccc(Cl)cc1I)c1ccc(Cl)cn1. The molecule has 0 saturated heterocycles. The lowest BCUT2D eigenvalue weighted by molar-refractivity contribution is 0.102. The Kier molecular flexibility index (Phi) is 4.42. The Hall–Kier alpha value is -0.850. The summed E-state index contributed by atoms with van der Waals surface area (Å²) < 4.78 is 0.863. The Labute approximate surface area is 128 Å². The fourth-order valence-electron chi connectivity index (χ4n) is 1.29. The van der Waals surface area contributed by atoms with Crippen molar-refractivity contribution in [3.8, 4) is 0 Å². The van der Waals surface area contributed by atoms with Gasteiger partial charge in [-0.15, -0.1) is 0 Å². The molecule has 3 nitrogen and oxygen atoms in total. The zero-order chi connectivity index (χ0) is 13.1. The molecule has 0 aliphatic heterocycles. The van der Waals surface area contributed by atoms with E-state index in [2.05, 4.69) is 32.9 Å². The zero-order valence-corrected chi connectivity index (χ0v) is 12.6. The van der Waals surface area contributed by atoms with E-state index in [0.29, 0.717) is 21.4 Å². The van der Waals surface area contributed by atoms with E-state index in [1.807, 2.05) is 0 Å². The van der Waals surface area contributed by atoms with E-state index < -0.39 is 0 Å². The van der Waals surface area contributed by atoms with Crippen LogP contribution in [-0.4, -0.2) is 10.9 Å². The van der Waals surface area contributed by atoms with E-state index in [9.17, 15) is 4.79 Å². The van der Waals surface area contributed by atoms with Crippen LogP contribution in [0.15, 0.2) is 36.5 Å². The number of carbonyl (C=O) groups excluding carboxylic acids is 1. The molecule has 0 radical (unpaired) electrons. The van der Waals surface area contributed by atoms with Gasteiger partial charge in [-0.2, -0.15) is 0 Å². The van der Waals surface area contributed by atoms with E-state index in [1.54, 1.807) is 30.3 Å². The average Bonchev–Trinajstić information content (AvgIpc) is 2.33. The van der Waals surface area contributed by atoms with Crippen LogP contribution in [0.2, 0.25) is 10.0 Å². The highest BCUT2D eigenvalue weighted by Crippen LogP contribution is 2.22. The molecule has 18 heavy (non-hydrogen) atoms. The fraction of sp³-hybridized carbons (Fsp3) is 0. The van der Waals surface area contributed by atoms with Gasteiger partial charge in [-0.3, -0.25) is 4.79 Å². The maximum atomic E-state index is 11.9. The standard InChI is InChI=1S/C12H7Cl2IN2O/c13-7-1-3-10(9(15)5-7)17-12(18)11-4-2-8(14)6-16-11/h1-6H,(H,17,18). The first-order valence-corrected chi connectivity index (χ1v) is 6.77. The zero-order valence-electron chi connectivity index (χ0n) is 8.95. The molecule has 0 fully saturated rings. The highest BCUT2D eigenvalue weighted by molar-refractivity contribution is 14.1. The number of anilines is 1. The largest absolute Gasteiger partial charge is 0.320 e. The summed E-state index contributed by atoms with van der Waals surface area (Å²) in [6.45, 7) is 0. The second-order valence-electron chi connectivity index (χ2n) is 3.44. The second kappa shape index (κ2) is 5.86. The van der Waals surface area contributed by atoms with E-state index in [0.717, 1.165) is 3.57 Å². The van der Waals surface area contributed by atoms with Gasteiger partial charge in [0.25, 0.3) is 5.91 Å². The van der Waals surface area contributed by atoms with Gasteiger partial charge < -0.3 is 5.32 Å². The lowest BCUT2D eigenvalue weighted by Crippen LogP contribution is -2.14. The molecular formula is C12H7Cl2IN2O. The van der Waals surface area contributed by atoms with Crippen molar-refractivity contribution in [2.24, 2.45) is 0 Å². The van der Waals surface area contributed by atoms with Gasteiger partial charge in [0.15, 0.2) is 0 Å². The number of nitrogens with one attached hydrogen (secondary N) is 1. The highest BCUT2D eigenvalue weighted by Gasteiger charge is 2.09. The topological polar surface area (TPSA) is 42.0 Å². The first-order valence-electron chi connectivity index (χ1n) is 4.94. The summed E-state index contributed by atoms with van der Waals surface area (Å²) in [6, 6.07) is 8.43. The molecule has 0 atom stereocenters. The Bertz CT molecular complexity index is 587. The Morgan fingerprint density at radius 3 is 2.50 bits per heavy atom. The van der Waals surface area contributed by atoms with Crippen LogP contribution in [-0.2, 0) is 0 Å². The van der Waals surface area contributed by atoms with E-state index >= 15 is 0 Å². The summed E-state index contributed by atoms with van der Waals surface area (Å²) in [5.74, 6) is -0.285. The smallest absolute Gasteiger partial charge is 0.274 e. The van der Waals surface area contributed by atoms with Crippen molar-refractivity contribution < 1.29 is 4.79 Å². The van der Waals surface area contributed by atoms with E-state index in [-0.39, 0.29) is 5.91 Å². The van der Waals surface area contributed by atoms with Crippen molar-refractivity contribution in [3.05, 3.63) is 55.8 Å². The lowest BCUT2D eigenvalue weighted by atomic mass is 10.3. The summed E-state index contributed by atoms with van der Waals surface area (Å²) in [4.78, 5) is 15.9. The van der Waals surface area contributed by atoms with Crippen molar-refractivity contribution in [3.63, 3.8) is 0 Å². The van der Waals surface area contributed by atoms with Gasteiger partial charge in [-0.1, -0.05) is 23.2 Å². The Balaban J connectivity index is 2.18. The molecular weight excluding hydrogens is 386 g/mol. The van der Waals surface area contributed by atoms with Gasteiger partial charge in [0, 0.05) is 14.8 Å². The van der Waals surface area contributed by atoms with Gasteiger partial charge in [0.05, 0.1) is 10.7 Å². The molecule has 0 spiro atoms. The van der Waals surface area contributed by atoms with Crippen molar-refractivity contribution >= 4 is 57.4 Å². The van der Waals surface area contributed by atoms with Crippen LogP contribution in [0.5, 0.6) is 0 Å². The molecule has 2 aromatic rings. The van der Waals surface area contributed by atoms with Crippen molar-refractivity contribution in [2.45, 2.75) is 0 Å². The molecule has 0 aliphatic carbocycles. The Morgan fingerprint density at radius 1 is 1.17 bits per heavy atom. The minimum Gasteiger partial charge on any atom is -0.320 e. The third-order valence-electron chi connectivity index (χ3n) is 2.14. The van der Waals surface area contributed by atoms with Gasteiger partial charge in [-0.25, -0.2) is 4.98 Å². The molecule has 6 heteroatoms. The third-order valence-corrected chi connectivity index (χ3v) is 3.49. The predicted octanol–water partition coefficient (Wildman–Crippen LogP) is 4.25. The molecule has 1 amide bonds. The number of hydrogen-bond donors (Lipinski definition) is 1. The van der Waals surface area contributed by atoms with Crippen molar-refractivity contribution in [1.29, 1.82) is 0 Å². The number of benzene rings is 1. The predicted molar refractivity (Wildman–Crippen MR) is 81.4 cm³/mol. The van der Waals surface area contributed by atoms with Crippen LogP contribution < -0.4 is 5.32 Å². The van der Waals surface area contributed by atoms with Gasteiger partial charge in [0.1, 0.15) is 5.69 Å². The van der Waals surface area contributed by atoms with E-state index in [4.69, 9.17) is 23.2 Å². The molecule has 0 saturated carbocycles. The summed E-state index contributed by atoms with van der Waals surface area (Å²) in [5, 5.41) is 3.88. The molecule has 0 bridgehead atoms. The van der Waals surface area contributed by atoms with Crippen LogP contribution >= 0.6 is 45.8 Å². The Morgan fingerprint density at radius 2 is 1.89 bits per heavy atom. The molecule has 1 N–H and O–H groups in total. The minimum atomic E-state index is -0.285.